The first-order valence-corrected chi connectivity index (χ1v) is 6.72. The lowest BCUT2D eigenvalue weighted by Crippen LogP contribution is -2.61. The van der Waals surface area contributed by atoms with Crippen molar-refractivity contribution in [3.8, 4) is 0 Å². The van der Waals surface area contributed by atoms with Crippen LogP contribution in [0, 0.1) is 5.92 Å². The minimum absolute atomic E-state index is 0.179. The molecule has 1 rings (SSSR count). The van der Waals surface area contributed by atoms with Gasteiger partial charge in [-0.2, -0.15) is 0 Å². The van der Waals surface area contributed by atoms with Gasteiger partial charge in [-0.15, -0.1) is 0 Å². The molecule has 1 atom stereocenters. The topological polar surface area (TPSA) is 32.5 Å². The molecule has 0 amide bonds. The number of hydrogen-bond acceptors (Lipinski definition) is 3. The molecule has 0 aromatic carbocycles. The van der Waals surface area contributed by atoms with Crippen LogP contribution in [0.15, 0.2) is 0 Å². The largest absolute Gasteiger partial charge is 0.329 e. The lowest BCUT2D eigenvalue weighted by molar-refractivity contribution is 0.0194. The Hall–Kier alpha value is -0.120. The van der Waals surface area contributed by atoms with Gasteiger partial charge in [0.05, 0.1) is 0 Å². The van der Waals surface area contributed by atoms with E-state index in [4.69, 9.17) is 5.73 Å². The average molecular weight is 227 g/mol. The van der Waals surface area contributed by atoms with Crippen molar-refractivity contribution in [1.82, 2.24) is 9.80 Å². The molecule has 0 spiro atoms. The van der Waals surface area contributed by atoms with Crippen LogP contribution in [0.1, 0.15) is 34.1 Å². The summed E-state index contributed by atoms with van der Waals surface area (Å²) in [6.45, 7) is 15.9. The van der Waals surface area contributed by atoms with Crippen LogP contribution in [-0.4, -0.2) is 54.6 Å². The maximum atomic E-state index is 5.98. The van der Waals surface area contributed by atoms with Crippen LogP contribution in [0.3, 0.4) is 0 Å². The van der Waals surface area contributed by atoms with Gasteiger partial charge in [-0.25, -0.2) is 0 Å². The maximum absolute atomic E-state index is 5.98. The molecule has 1 unspecified atom stereocenters. The maximum Gasteiger partial charge on any atom is 0.0327 e. The van der Waals surface area contributed by atoms with Crippen LogP contribution in [0.25, 0.3) is 0 Å². The number of piperazine rings is 1. The molecule has 96 valence electrons. The summed E-state index contributed by atoms with van der Waals surface area (Å²) in [5, 5.41) is 0. The molecule has 1 aliphatic heterocycles. The predicted molar refractivity (Wildman–Crippen MR) is 70.6 cm³/mol. The summed E-state index contributed by atoms with van der Waals surface area (Å²) in [5.41, 5.74) is 6.16. The van der Waals surface area contributed by atoms with Crippen molar-refractivity contribution in [3.63, 3.8) is 0 Å². The van der Waals surface area contributed by atoms with E-state index in [1.165, 1.54) is 39.1 Å². The second-order valence-corrected chi connectivity index (χ2v) is 5.54. The molecule has 16 heavy (non-hydrogen) atoms. The van der Waals surface area contributed by atoms with E-state index in [9.17, 15) is 0 Å². The third-order valence-corrected chi connectivity index (χ3v) is 4.29. The van der Waals surface area contributed by atoms with Crippen molar-refractivity contribution in [1.29, 1.82) is 0 Å². The van der Waals surface area contributed by atoms with Crippen molar-refractivity contribution in [2.24, 2.45) is 11.7 Å². The molecule has 0 aliphatic carbocycles. The zero-order valence-electron chi connectivity index (χ0n) is 11.5. The van der Waals surface area contributed by atoms with Crippen molar-refractivity contribution in [2.45, 2.75) is 39.7 Å². The van der Waals surface area contributed by atoms with Crippen LogP contribution in [0.4, 0.5) is 0 Å². The number of nitrogens with zero attached hydrogens (tertiary/aromatic N) is 2. The monoisotopic (exact) mass is 227 g/mol. The minimum atomic E-state index is 0.179. The van der Waals surface area contributed by atoms with Gasteiger partial charge in [0.15, 0.2) is 0 Å². The van der Waals surface area contributed by atoms with E-state index in [0.29, 0.717) is 5.92 Å². The van der Waals surface area contributed by atoms with Crippen molar-refractivity contribution >= 4 is 0 Å². The summed E-state index contributed by atoms with van der Waals surface area (Å²) >= 11 is 0. The van der Waals surface area contributed by atoms with Crippen LogP contribution < -0.4 is 5.73 Å². The highest BCUT2D eigenvalue weighted by Crippen LogP contribution is 2.24. The third kappa shape index (κ3) is 2.96. The van der Waals surface area contributed by atoms with Crippen LogP contribution in [-0.2, 0) is 0 Å². The van der Waals surface area contributed by atoms with E-state index in [1.807, 2.05) is 0 Å². The molecular weight excluding hydrogens is 198 g/mol. The van der Waals surface area contributed by atoms with E-state index in [-0.39, 0.29) is 5.54 Å². The molecule has 0 saturated carbocycles. The zero-order chi connectivity index (χ0) is 12.2. The van der Waals surface area contributed by atoms with Crippen LogP contribution >= 0.6 is 0 Å². The molecule has 3 heteroatoms. The molecule has 2 N–H and O–H groups in total. The second-order valence-electron chi connectivity index (χ2n) is 5.54. The Bertz CT molecular complexity index is 197. The van der Waals surface area contributed by atoms with E-state index >= 15 is 0 Å². The molecule has 1 saturated heterocycles. The summed E-state index contributed by atoms with van der Waals surface area (Å²) in [6.07, 6.45) is 1.26. The summed E-state index contributed by atoms with van der Waals surface area (Å²) < 4.78 is 0. The van der Waals surface area contributed by atoms with E-state index in [2.05, 4.69) is 37.5 Å². The minimum Gasteiger partial charge on any atom is -0.329 e. The summed E-state index contributed by atoms with van der Waals surface area (Å²) in [6, 6.07) is 0. The van der Waals surface area contributed by atoms with Gasteiger partial charge >= 0.3 is 0 Å². The molecule has 1 heterocycles. The summed E-state index contributed by atoms with van der Waals surface area (Å²) in [5.74, 6) is 0.621. The molecular formula is C13H29N3. The summed E-state index contributed by atoms with van der Waals surface area (Å²) in [7, 11) is 0. The number of rotatable bonds is 5. The highest BCUT2D eigenvalue weighted by molar-refractivity contribution is 4.92. The Labute approximate surface area is 101 Å². The van der Waals surface area contributed by atoms with Gasteiger partial charge in [0.25, 0.3) is 0 Å². The first kappa shape index (κ1) is 13.9. The quantitative estimate of drug-likeness (QED) is 0.770. The van der Waals surface area contributed by atoms with Gasteiger partial charge in [0, 0.05) is 38.3 Å². The fourth-order valence-electron chi connectivity index (χ4n) is 2.53. The first-order valence-electron chi connectivity index (χ1n) is 6.72. The Morgan fingerprint density at radius 2 is 1.75 bits per heavy atom. The Balaban J connectivity index is 2.51. The average Bonchev–Trinajstić information content (AvgIpc) is 2.29. The number of nitrogens with two attached hydrogens (primary N) is 1. The smallest absolute Gasteiger partial charge is 0.0327 e. The molecule has 1 fully saturated rings. The van der Waals surface area contributed by atoms with E-state index < -0.39 is 0 Å². The Morgan fingerprint density at radius 1 is 1.19 bits per heavy atom. The van der Waals surface area contributed by atoms with Gasteiger partial charge in [-0.05, 0) is 25.8 Å². The molecule has 0 radical (unpaired) electrons. The zero-order valence-corrected chi connectivity index (χ0v) is 11.5. The van der Waals surface area contributed by atoms with Gasteiger partial charge in [-0.3, -0.25) is 4.90 Å². The molecule has 3 nitrogen and oxygen atoms in total. The highest BCUT2D eigenvalue weighted by atomic mass is 15.3. The van der Waals surface area contributed by atoms with Gasteiger partial charge in [0.2, 0.25) is 0 Å². The van der Waals surface area contributed by atoms with Gasteiger partial charge < -0.3 is 10.6 Å². The lowest BCUT2D eigenvalue weighted by atomic mass is 9.86. The van der Waals surface area contributed by atoms with E-state index in [1.54, 1.807) is 0 Å². The molecule has 1 aliphatic rings. The molecule has 0 bridgehead atoms. The first-order chi connectivity index (χ1) is 7.54. The van der Waals surface area contributed by atoms with Crippen molar-refractivity contribution < 1.29 is 0 Å². The van der Waals surface area contributed by atoms with Crippen LogP contribution in [0.2, 0.25) is 0 Å². The second kappa shape index (κ2) is 5.99. The van der Waals surface area contributed by atoms with Crippen molar-refractivity contribution in [2.75, 3.05) is 39.3 Å². The normalized spacial score (nSPS) is 23.6. The van der Waals surface area contributed by atoms with E-state index in [0.717, 1.165) is 6.54 Å². The number of hydrogen-bond donors (Lipinski definition) is 1. The third-order valence-electron chi connectivity index (χ3n) is 4.29. The molecule has 0 aromatic heterocycles. The van der Waals surface area contributed by atoms with Crippen molar-refractivity contribution in [3.05, 3.63) is 0 Å². The standard InChI is InChI=1S/C13H29N3/c1-5-6-15-7-9-16(10-8-15)13(4,11-14)12(2)3/h12H,5-11,14H2,1-4H3. The fourth-order valence-corrected chi connectivity index (χ4v) is 2.53. The lowest BCUT2D eigenvalue weighted by Gasteiger charge is -2.47. The van der Waals surface area contributed by atoms with Gasteiger partial charge in [0.1, 0.15) is 0 Å². The fraction of sp³-hybridized carbons (Fsp3) is 1.00. The Morgan fingerprint density at radius 3 is 2.12 bits per heavy atom. The summed E-state index contributed by atoms with van der Waals surface area (Å²) in [4.78, 5) is 5.15. The highest BCUT2D eigenvalue weighted by Gasteiger charge is 2.35. The van der Waals surface area contributed by atoms with Crippen LogP contribution in [0.5, 0.6) is 0 Å². The molecule has 0 aromatic rings. The Kier molecular flexibility index (Phi) is 5.22. The van der Waals surface area contributed by atoms with Gasteiger partial charge in [-0.1, -0.05) is 20.8 Å². The SMILES string of the molecule is CCCN1CCN(C(C)(CN)C(C)C)CC1. The predicted octanol–water partition coefficient (Wildman–Crippen LogP) is 1.39.